The normalized spacial score (nSPS) is 18.7. The van der Waals surface area contributed by atoms with E-state index in [0.717, 1.165) is 12.8 Å². The minimum Gasteiger partial charge on any atom is -0.474 e. The van der Waals surface area contributed by atoms with E-state index in [1.54, 1.807) is 17.0 Å². The smallest absolute Gasteiger partial charge is 0.410 e. The van der Waals surface area contributed by atoms with Crippen LogP contribution in [0.15, 0.2) is 12.1 Å². The van der Waals surface area contributed by atoms with Crippen LogP contribution in [-0.4, -0.2) is 46.0 Å². The van der Waals surface area contributed by atoms with Gasteiger partial charge in [-0.15, -0.1) is 10.2 Å². The predicted octanol–water partition coefficient (Wildman–Crippen LogP) is 2.91. The fourth-order valence-electron chi connectivity index (χ4n) is 2.13. The van der Waals surface area contributed by atoms with E-state index < -0.39 is 5.60 Å². The highest BCUT2D eigenvalue weighted by Crippen LogP contribution is 2.21. The summed E-state index contributed by atoms with van der Waals surface area (Å²) in [6.07, 6.45) is 1.54. The number of ether oxygens (including phenoxy) is 2. The van der Waals surface area contributed by atoms with Crippen molar-refractivity contribution in [1.82, 2.24) is 15.1 Å². The van der Waals surface area contributed by atoms with Gasteiger partial charge in [-0.2, -0.15) is 0 Å². The summed E-state index contributed by atoms with van der Waals surface area (Å²) in [4.78, 5) is 13.8. The van der Waals surface area contributed by atoms with Crippen LogP contribution in [0.2, 0.25) is 5.15 Å². The summed E-state index contributed by atoms with van der Waals surface area (Å²) in [5.41, 5.74) is -0.493. The number of carbonyl (C=O) groups is 1. The molecule has 0 N–H and O–H groups in total. The summed E-state index contributed by atoms with van der Waals surface area (Å²) in [5.74, 6) is 0.399. The Balaban J connectivity index is 1.90. The number of hydrogen-bond donors (Lipinski definition) is 0. The van der Waals surface area contributed by atoms with Crippen LogP contribution in [0.3, 0.4) is 0 Å². The minimum atomic E-state index is -0.493. The topological polar surface area (TPSA) is 64.5 Å². The summed E-state index contributed by atoms with van der Waals surface area (Å²) >= 11 is 5.67. The van der Waals surface area contributed by atoms with E-state index in [4.69, 9.17) is 21.1 Å². The van der Waals surface area contributed by atoms with Crippen LogP contribution in [0.5, 0.6) is 5.88 Å². The molecule has 1 saturated heterocycles. The van der Waals surface area contributed by atoms with Crippen molar-refractivity contribution in [3.63, 3.8) is 0 Å². The monoisotopic (exact) mass is 313 g/mol. The molecule has 7 heteroatoms. The van der Waals surface area contributed by atoms with Gasteiger partial charge in [0.1, 0.15) is 12.2 Å². The van der Waals surface area contributed by atoms with E-state index in [-0.39, 0.29) is 12.1 Å². The van der Waals surface area contributed by atoms with Crippen molar-refractivity contribution >= 4 is 17.7 Å². The number of hydrogen-bond acceptors (Lipinski definition) is 5. The molecule has 2 heterocycles. The van der Waals surface area contributed by atoms with Crippen LogP contribution in [0.1, 0.15) is 33.6 Å². The largest absolute Gasteiger partial charge is 0.474 e. The third-order valence-corrected chi connectivity index (χ3v) is 3.24. The van der Waals surface area contributed by atoms with Gasteiger partial charge in [-0.25, -0.2) is 4.79 Å². The Kier molecular flexibility index (Phi) is 4.88. The Morgan fingerprint density at radius 2 is 2.19 bits per heavy atom. The molecule has 0 aromatic carbocycles. The SMILES string of the molecule is CC(C)(C)OC(=O)N1CCCC1COc1ccc(Cl)nn1. The summed E-state index contributed by atoms with van der Waals surface area (Å²) in [7, 11) is 0. The average molecular weight is 314 g/mol. The van der Waals surface area contributed by atoms with Crippen LogP contribution >= 0.6 is 11.6 Å². The second-order valence-corrected chi connectivity index (χ2v) is 6.36. The Hall–Kier alpha value is -1.56. The zero-order chi connectivity index (χ0) is 15.5. The van der Waals surface area contributed by atoms with Crippen molar-refractivity contribution in [2.45, 2.75) is 45.3 Å². The maximum atomic E-state index is 12.1. The van der Waals surface area contributed by atoms with Gasteiger partial charge in [-0.05, 0) is 39.7 Å². The van der Waals surface area contributed by atoms with Gasteiger partial charge in [-0.1, -0.05) is 11.6 Å². The molecule has 116 valence electrons. The van der Waals surface area contributed by atoms with Crippen molar-refractivity contribution in [1.29, 1.82) is 0 Å². The highest BCUT2D eigenvalue weighted by molar-refractivity contribution is 6.29. The Labute approximate surface area is 129 Å². The standard InChI is InChI=1S/C14H20ClN3O3/c1-14(2,3)21-13(19)18-8-4-5-10(18)9-20-12-7-6-11(15)16-17-12/h6-7,10H,4-5,8-9H2,1-3H3. The van der Waals surface area contributed by atoms with Crippen molar-refractivity contribution < 1.29 is 14.3 Å². The van der Waals surface area contributed by atoms with Gasteiger partial charge in [0, 0.05) is 12.6 Å². The van der Waals surface area contributed by atoms with Gasteiger partial charge >= 0.3 is 6.09 Å². The first-order valence-electron chi connectivity index (χ1n) is 6.97. The van der Waals surface area contributed by atoms with Crippen LogP contribution in [0.25, 0.3) is 0 Å². The number of nitrogens with zero attached hydrogens (tertiary/aromatic N) is 3. The molecule has 1 aromatic heterocycles. The van der Waals surface area contributed by atoms with Gasteiger partial charge in [0.2, 0.25) is 5.88 Å². The van der Waals surface area contributed by atoms with Gasteiger partial charge in [0.25, 0.3) is 0 Å². The molecule has 0 radical (unpaired) electrons. The van der Waals surface area contributed by atoms with E-state index in [2.05, 4.69) is 10.2 Å². The summed E-state index contributed by atoms with van der Waals surface area (Å²) in [6, 6.07) is 3.27. The molecular formula is C14H20ClN3O3. The van der Waals surface area contributed by atoms with Crippen molar-refractivity contribution in [2.75, 3.05) is 13.2 Å². The number of aromatic nitrogens is 2. The fraction of sp³-hybridized carbons (Fsp3) is 0.643. The van der Waals surface area contributed by atoms with Crippen LogP contribution in [0, 0.1) is 0 Å². The van der Waals surface area contributed by atoms with Gasteiger partial charge in [0.05, 0.1) is 6.04 Å². The molecule has 1 unspecified atom stereocenters. The Morgan fingerprint density at radius 3 is 2.81 bits per heavy atom. The summed E-state index contributed by atoms with van der Waals surface area (Å²) < 4.78 is 11.0. The molecule has 1 atom stereocenters. The zero-order valence-electron chi connectivity index (χ0n) is 12.5. The lowest BCUT2D eigenvalue weighted by Crippen LogP contribution is -2.42. The maximum Gasteiger partial charge on any atom is 0.410 e. The van der Waals surface area contributed by atoms with Crippen molar-refractivity contribution in [2.24, 2.45) is 0 Å². The van der Waals surface area contributed by atoms with E-state index in [1.807, 2.05) is 20.8 Å². The van der Waals surface area contributed by atoms with Gasteiger partial charge < -0.3 is 14.4 Å². The molecule has 2 rings (SSSR count). The van der Waals surface area contributed by atoms with Crippen LogP contribution in [-0.2, 0) is 4.74 Å². The molecule has 1 aromatic rings. The molecule has 21 heavy (non-hydrogen) atoms. The molecule has 1 amide bonds. The van der Waals surface area contributed by atoms with E-state index in [9.17, 15) is 4.79 Å². The first-order valence-corrected chi connectivity index (χ1v) is 7.34. The Bertz CT molecular complexity index is 487. The summed E-state index contributed by atoms with van der Waals surface area (Å²) in [6.45, 7) is 6.63. The van der Waals surface area contributed by atoms with Crippen LogP contribution < -0.4 is 4.74 Å². The predicted molar refractivity (Wildman–Crippen MR) is 78.5 cm³/mol. The van der Waals surface area contributed by atoms with E-state index >= 15 is 0 Å². The Morgan fingerprint density at radius 1 is 1.43 bits per heavy atom. The molecule has 0 aliphatic carbocycles. The number of carbonyl (C=O) groups excluding carboxylic acids is 1. The molecule has 1 aliphatic rings. The molecule has 1 fully saturated rings. The highest BCUT2D eigenvalue weighted by atomic mass is 35.5. The van der Waals surface area contributed by atoms with Crippen LogP contribution in [0.4, 0.5) is 4.79 Å². The van der Waals surface area contributed by atoms with Gasteiger partial charge in [-0.3, -0.25) is 0 Å². The molecule has 6 nitrogen and oxygen atoms in total. The fourth-order valence-corrected chi connectivity index (χ4v) is 2.23. The van der Waals surface area contributed by atoms with E-state index in [0.29, 0.717) is 24.2 Å². The molecular weight excluding hydrogens is 294 g/mol. The number of amides is 1. The maximum absolute atomic E-state index is 12.1. The van der Waals surface area contributed by atoms with Crippen molar-refractivity contribution in [3.05, 3.63) is 17.3 Å². The second-order valence-electron chi connectivity index (χ2n) is 5.98. The average Bonchev–Trinajstić information content (AvgIpc) is 2.84. The lowest BCUT2D eigenvalue weighted by molar-refractivity contribution is 0.0185. The highest BCUT2D eigenvalue weighted by Gasteiger charge is 2.32. The molecule has 0 spiro atoms. The lowest BCUT2D eigenvalue weighted by Gasteiger charge is -2.28. The third kappa shape index (κ3) is 4.74. The van der Waals surface area contributed by atoms with E-state index in [1.165, 1.54) is 0 Å². The molecule has 0 bridgehead atoms. The van der Waals surface area contributed by atoms with Gasteiger partial charge in [0.15, 0.2) is 5.15 Å². The molecule has 0 saturated carbocycles. The number of likely N-dealkylation sites (tertiary alicyclic amines) is 1. The first kappa shape index (κ1) is 15.8. The first-order chi connectivity index (χ1) is 9.85. The molecule has 1 aliphatic heterocycles. The quantitative estimate of drug-likeness (QED) is 0.858. The second kappa shape index (κ2) is 6.47. The number of halogens is 1. The van der Waals surface area contributed by atoms with Crippen molar-refractivity contribution in [3.8, 4) is 5.88 Å². The lowest BCUT2D eigenvalue weighted by atomic mass is 10.2. The summed E-state index contributed by atoms with van der Waals surface area (Å²) in [5, 5.41) is 7.86. The third-order valence-electron chi connectivity index (χ3n) is 3.04. The number of rotatable bonds is 3. The minimum absolute atomic E-state index is 0.00247. The zero-order valence-corrected chi connectivity index (χ0v) is 13.3.